The van der Waals surface area contributed by atoms with Crippen molar-refractivity contribution in [2.24, 2.45) is 0 Å². The van der Waals surface area contributed by atoms with Gasteiger partial charge in [-0.1, -0.05) is 48.0 Å². The van der Waals surface area contributed by atoms with Crippen LogP contribution in [0.2, 0.25) is 5.02 Å². The Balaban J connectivity index is 1.65. The third kappa shape index (κ3) is 5.68. The van der Waals surface area contributed by atoms with Crippen molar-refractivity contribution in [2.45, 2.75) is 49.9 Å². The first kappa shape index (κ1) is 24.4. The molecule has 3 aromatic rings. The molecule has 0 saturated carbocycles. The molecule has 9 heteroatoms. The van der Waals surface area contributed by atoms with Crippen molar-refractivity contribution >= 4 is 27.3 Å². The smallest absolute Gasteiger partial charge is 0.254 e. The number of carbonyl (C=O) groups is 1. The first-order chi connectivity index (χ1) is 16.4. The van der Waals surface area contributed by atoms with Gasteiger partial charge in [0.2, 0.25) is 15.0 Å². The van der Waals surface area contributed by atoms with Gasteiger partial charge in [0.05, 0.1) is 36.8 Å². The van der Waals surface area contributed by atoms with Gasteiger partial charge in [0.25, 0.3) is 5.91 Å². The summed E-state index contributed by atoms with van der Waals surface area (Å²) in [5, 5.41) is 0.493. The molecule has 34 heavy (non-hydrogen) atoms. The van der Waals surface area contributed by atoms with Crippen LogP contribution in [-0.2, 0) is 33.4 Å². The van der Waals surface area contributed by atoms with E-state index in [1.54, 1.807) is 52.1 Å². The summed E-state index contributed by atoms with van der Waals surface area (Å²) in [6, 6.07) is 15.9. The second kappa shape index (κ2) is 10.7. The predicted molar refractivity (Wildman–Crippen MR) is 130 cm³/mol. The number of rotatable bonds is 9. The van der Waals surface area contributed by atoms with E-state index < -0.39 is 9.84 Å². The maximum absolute atomic E-state index is 13.3. The minimum Gasteiger partial charge on any atom is -0.376 e. The summed E-state index contributed by atoms with van der Waals surface area (Å²) in [6.07, 6.45) is 3.27. The highest BCUT2D eigenvalue weighted by atomic mass is 35.5. The van der Waals surface area contributed by atoms with E-state index in [4.69, 9.17) is 16.3 Å². The number of ether oxygens (including phenoxy) is 1. The highest BCUT2D eigenvalue weighted by Crippen LogP contribution is 2.23. The zero-order valence-electron chi connectivity index (χ0n) is 19.1. The standard InChI is InChI=1S/C25H28ClN3O4S/c1-2-28(24(30)20-10-6-11-21(26)14-20)16-22-15-27-25(29(22)17-23-12-7-13-33-23)34(31,32)18-19-8-4-3-5-9-19/h3-6,8-11,14-15,23H,2,7,12-13,16-18H2,1H3/t23-/m1/s1. The summed E-state index contributed by atoms with van der Waals surface area (Å²) in [5.74, 6) is -0.321. The molecule has 0 radical (unpaired) electrons. The Morgan fingerprint density at radius 1 is 1.21 bits per heavy atom. The lowest BCUT2D eigenvalue weighted by Gasteiger charge is -2.23. The highest BCUT2D eigenvalue weighted by molar-refractivity contribution is 7.90. The Labute approximate surface area is 205 Å². The zero-order chi connectivity index (χ0) is 24.1. The number of benzene rings is 2. The van der Waals surface area contributed by atoms with E-state index in [2.05, 4.69) is 4.98 Å². The molecule has 1 aliphatic heterocycles. The van der Waals surface area contributed by atoms with Gasteiger partial charge < -0.3 is 14.2 Å². The average Bonchev–Trinajstić information content (AvgIpc) is 3.48. The van der Waals surface area contributed by atoms with E-state index in [0.29, 0.717) is 41.5 Å². The molecular weight excluding hydrogens is 474 g/mol. The zero-order valence-corrected chi connectivity index (χ0v) is 20.6. The third-order valence-corrected chi connectivity index (χ3v) is 7.71. The van der Waals surface area contributed by atoms with Gasteiger partial charge in [-0.05, 0) is 43.5 Å². The van der Waals surface area contributed by atoms with Crippen molar-refractivity contribution in [3.63, 3.8) is 0 Å². The molecule has 7 nitrogen and oxygen atoms in total. The molecule has 0 N–H and O–H groups in total. The summed E-state index contributed by atoms with van der Waals surface area (Å²) in [6.45, 7) is 3.60. The van der Waals surface area contributed by atoms with Crippen LogP contribution < -0.4 is 0 Å². The average molecular weight is 502 g/mol. The van der Waals surface area contributed by atoms with Gasteiger partial charge in [0.15, 0.2) is 0 Å². The Morgan fingerprint density at radius 3 is 2.68 bits per heavy atom. The molecule has 0 spiro atoms. The van der Waals surface area contributed by atoms with E-state index >= 15 is 0 Å². The molecule has 2 aromatic carbocycles. The number of nitrogens with zero attached hydrogens (tertiary/aromatic N) is 3. The lowest BCUT2D eigenvalue weighted by Crippen LogP contribution is -2.32. The molecule has 0 bridgehead atoms. The van der Waals surface area contributed by atoms with E-state index in [1.165, 1.54) is 0 Å². The molecule has 1 aromatic heterocycles. The number of amides is 1. The quantitative estimate of drug-likeness (QED) is 0.435. The molecule has 4 rings (SSSR count). The molecule has 1 fully saturated rings. The van der Waals surface area contributed by atoms with Crippen LogP contribution in [0.1, 0.15) is 41.4 Å². The number of carbonyl (C=O) groups excluding carboxylic acids is 1. The van der Waals surface area contributed by atoms with Gasteiger partial charge in [-0.15, -0.1) is 0 Å². The fourth-order valence-corrected chi connectivity index (χ4v) is 5.83. The third-order valence-electron chi connectivity index (χ3n) is 5.88. The minimum atomic E-state index is -3.71. The maximum Gasteiger partial charge on any atom is 0.254 e. The van der Waals surface area contributed by atoms with Crippen molar-refractivity contribution in [2.75, 3.05) is 13.2 Å². The molecule has 2 heterocycles. The van der Waals surface area contributed by atoms with Gasteiger partial charge in [-0.25, -0.2) is 13.4 Å². The summed E-state index contributed by atoms with van der Waals surface area (Å²) >= 11 is 6.07. The van der Waals surface area contributed by atoms with Gasteiger partial charge in [-0.3, -0.25) is 4.79 Å². The normalized spacial score (nSPS) is 16.0. The van der Waals surface area contributed by atoms with Crippen LogP contribution in [0.25, 0.3) is 0 Å². The summed E-state index contributed by atoms with van der Waals surface area (Å²) in [7, 11) is -3.71. The van der Waals surface area contributed by atoms with Crippen LogP contribution in [0.3, 0.4) is 0 Å². The van der Waals surface area contributed by atoms with Crippen molar-refractivity contribution in [3.8, 4) is 0 Å². The number of hydrogen-bond acceptors (Lipinski definition) is 5. The van der Waals surface area contributed by atoms with Crippen LogP contribution in [0.15, 0.2) is 66.0 Å². The fourth-order valence-electron chi connectivity index (χ4n) is 4.14. The van der Waals surface area contributed by atoms with Crippen LogP contribution in [0.5, 0.6) is 0 Å². The number of sulfone groups is 1. The summed E-state index contributed by atoms with van der Waals surface area (Å²) in [5.41, 5.74) is 1.83. The largest absolute Gasteiger partial charge is 0.376 e. The van der Waals surface area contributed by atoms with Crippen LogP contribution >= 0.6 is 11.6 Å². The topological polar surface area (TPSA) is 81.5 Å². The molecule has 0 unspecified atom stereocenters. The van der Waals surface area contributed by atoms with E-state index in [0.717, 1.165) is 12.8 Å². The highest BCUT2D eigenvalue weighted by Gasteiger charge is 2.28. The van der Waals surface area contributed by atoms with E-state index in [1.807, 2.05) is 25.1 Å². The monoisotopic (exact) mass is 501 g/mol. The predicted octanol–water partition coefficient (Wildman–Crippen LogP) is 4.35. The van der Waals surface area contributed by atoms with Crippen LogP contribution in [0.4, 0.5) is 0 Å². The fraction of sp³-hybridized carbons (Fsp3) is 0.360. The van der Waals surface area contributed by atoms with Crippen molar-refractivity contribution in [3.05, 3.63) is 82.6 Å². The number of aromatic nitrogens is 2. The second-order valence-electron chi connectivity index (χ2n) is 8.35. The van der Waals surface area contributed by atoms with E-state index in [9.17, 15) is 13.2 Å². The summed E-state index contributed by atoms with van der Waals surface area (Å²) < 4.78 is 34.2. The Bertz CT molecular complexity index is 1240. The number of imidazole rings is 1. The molecule has 1 amide bonds. The first-order valence-electron chi connectivity index (χ1n) is 11.3. The van der Waals surface area contributed by atoms with Crippen molar-refractivity contribution < 1.29 is 17.9 Å². The Morgan fingerprint density at radius 2 is 2.00 bits per heavy atom. The second-order valence-corrected chi connectivity index (χ2v) is 10.7. The van der Waals surface area contributed by atoms with Gasteiger partial charge in [-0.2, -0.15) is 0 Å². The van der Waals surface area contributed by atoms with E-state index in [-0.39, 0.29) is 29.5 Å². The van der Waals surface area contributed by atoms with Crippen molar-refractivity contribution in [1.29, 1.82) is 0 Å². The molecular formula is C25H28ClN3O4S. The van der Waals surface area contributed by atoms with Gasteiger partial charge >= 0.3 is 0 Å². The van der Waals surface area contributed by atoms with Crippen molar-refractivity contribution in [1.82, 2.24) is 14.5 Å². The van der Waals surface area contributed by atoms with Gasteiger partial charge in [0.1, 0.15) is 0 Å². The number of halogens is 1. The SMILES string of the molecule is CCN(Cc1cnc(S(=O)(=O)Cc2ccccc2)n1C[C@H]1CCCO1)C(=O)c1cccc(Cl)c1. The molecule has 1 saturated heterocycles. The molecule has 1 aliphatic rings. The van der Waals surface area contributed by atoms with Crippen LogP contribution in [0, 0.1) is 0 Å². The van der Waals surface area contributed by atoms with Crippen LogP contribution in [-0.4, -0.2) is 48.0 Å². The minimum absolute atomic E-state index is 0.00751. The lowest BCUT2D eigenvalue weighted by molar-refractivity contribution is 0.0741. The summed E-state index contributed by atoms with van der Waals surface area (Å²) in [4.78, 5) is 19.1. The van der Waals surface area contributed by atoms with Gasteiger partial charge in [0, 0.05) is 23.7 Å². The lowest BCUT2D eigenvalue weighted by atomic mass is 10.2. The number of hydrogen-bond donors (Lipinski definition) is 0. The molecule has 1 atom stereocenters. The molecule has 180 valence electrons. The molecule has 0 aliphatic carbocycles. The Kier molecular flexibility index (Phi) is 7.70. The first-order valence-corrected chi connectivity index (χ1v) is 13.4. The Hall–Kier alpha value is -2.68. The maximum atomic E-state index is 13.3.